The average molecular weight is 219 g/mol. The molecule has 1 aromatic rings. The third-order valence-electron chi connectivity index (χ3n) is 3.13. The number of ether oxygens (including phenoxy) is 1. The second-order valence-corrected chi connectivity index (χ2v) is 5.00. The summed E-state index contributed by atoms with van der Waals surface area (Å²) in [7, 11) is 2.12. The van der Waals surface area contributed by atoms with E-state index in [1.165, 1.54) is 17.7 Å². The Kier molecular flexibility index (Phi) is 3.37. The first-order valence-electron chi connectivity index (χ1n) is 6.13. The standard InChI is InChI=1S/C14H21NO/c1-11(2)4-5-12-6-7-13-14(10-12)16-9-8-15(13)3/h6-7,10-11H,4-5,8-9H2,1-3H3. The first-order chi connectivity index (χ1) is 7.66. The second-order valence-electron chi connectivity index (χ2n) is 5.00. The summed E-state index contributed by atoms with van der Waals surface area (Å²) in [6.07, 6.45) is 2.40. The zero-order valence-corrected chi connectivity index (χ0v) is 10.5. The number of fused-ring (bicyclic) bond motifs is 1. The van der Waals surface area contributed by atoms with Gasteiger partial charge in [-0.2, -0.15) is 0 Å². The zero-order chi connectivity index (χ0) is 11.5. The molecular formula is C14H21NO. The van der Waals surface area contributed by atoms with Gasteiger partial charge in [-0.3, -0.25) is 0 Å². The molecule has 0 fully saturated rings. The molecule has 88 valence electrons. The largest absolute Gasteiger partial charge is 0.490 e. The fourth-order valence-corrected chi connectivity index (χ4v) is 2.01. The molecule has 0 unspecified atom stereocenters. The maximum absolute atomic E-state index is 5.70. The molecule has 2 rings (SSSR count). The number of aryl methyl sites for hydroxylation is 1. The number of benzene rings is 1. The maximum atomic E-state index is 5.70. The van der Waals surface area contributed by atoms with Crippen molar-refractivity contribution >= 4 is 5.69 Å². The number of hydrogen-bond acceptors (Lipinski definition) is 2. The highest BCUT2D eigenvalue weighted by atomic mass is 16.5. The number of anilines is 1. The van der Waals surface area contributed by atoms with Crippen LogP contribution < -0.4 is 9.64 Å². The first-order valence-corrected chi connectivity index (χ1v) is 6.13. The average Bonchev–Trinajstić information content (AvgIpc) is 2.26. The van der Waals surface area contributed by atoms with Gasteiger partial charge < -0.3 is 9.64 Å². The van der Waals surface area contributed by atoms with E-state index in [2.05, 4.69) is 44.0 Å². The van der Waals surface area contributed by atoms with Gasteiger partial charge in [-0.05, 0) is 36.5 Å². The van der Waals surface area contributed by atoms with E-state index < -0.39 is 0 Å². The molecule has 2 nitrogen and oxygen atoms in total. The van der Waals surface area contributed by atoms with Gasteiger partial charge in [-0.1, -0.05) is 19.9 Å². The summed E-state index contributed by atoms with van der Waals surface area (Å²) in [5, 5.41) is 0. The lowest BCUT2D eigenvalue weighted by molar-refractivity contribution is 0.311. The maximum Gasteiger partial charge on any atom is 0.142 e. The molecule has 2 heteroatoms. The van der Waals surface area contributed by atoms with E-state index in [1.54, 1.807) is 0 Å². The summed E-state index contributed by atoms with van der Waals surface area (Å²) in [5.41, 5.74) is 2.61. The third-order valence-corrected chi connectivity index (χ3v) is 3.13. The van der Waals surface area contributed by atoms with Crippen LogP contribution in [-0.2, 0) is 6.42 Å². The summed E-state index contributed by atoms with van der Waals surface area (Å²) in [4.78, 5) is 2.26. The van der Waals surface area contributed by atoms with Crippen LogP contribution in [0.3, 0.4) is 0 Å². The number of likely N-dealkylation sites (N-methyl/N-ethyl adjacent to an activating group) is 1. The van der Waals surface area contributed by atoms with E-state index in [0.29, 0.717) is 0 Å². The molecule has 1 aliphatic rings. The van der Waals surface area contributed by atoms with Crippen LogP contribution in [-0.4, -0.2) is 20.2 Å². The minimum absolute atomic E-state index is 0.764. The van der Waals surface area contributed by atoms with Crippen LogP contribution >= 0.6 is 0 Å². The molecule has 0 spiro atoms. The van der Waals surface area contributed by atoms with Gasteiger partial charge >= 0.3 is 0 Å². The predicted molar refractivity (Wildman–Crippen MR) is 68.4 cm³/mol. The van der Waals surface area contributed by atoms with Gasteiger partial charge in [-0.15, -0.1) is 0 Å². The van der Waals surface area contributed by atoms with Crippen molar-refractivity contribution < 1.29 is 4.74 Å². The van der Waals surface area contributed by atoms with Crippen LogP contribution in [0.4, 0.5) is 5.69 Å². The quantitative estimate of drug-likeness (QED) is 0.774. The van der Waals surface area contributed by atoms with Crippen LogP contribution in [0.5, 0.6) is 5.75 Å². The van der Waals surface area contributed by atoms with Crippen LogP contribution in [0, 0.1) is 5.92 Å². The van der Waals surface area contributed by atoms with Crippen molar-refractivity contribution in [2.75, 3.05) is 25.1 Å². The molecule has 0 N–H and O–H groups in total. The van der Waals surface area contributed by atoms with Crippen molar-refractivity contribution in [2.45, 2.75) is 26.7 Å². The van der Waals surface area contributed by atoms with Crippen molar-refractivity contribution in [3.8, 4) is 5.75 Å². The molecule has 0 saturated carbocycles. The van der Waals surface area contributed by atoms with Gasteiger partial charge in [0.25, 0.3) is 0 Å². The summed E-state index contributed by atoms with van der Waals surface area (Å²) in [5.74, 6) is 1.81. The Morgan fingerprint density at radius 3 is 2.94 bits per heavy atom. The topological polar surface area (TPSA) is 12.5 Å². The SMILES string of the molecule is CC(C)CCc1ccc2c(c1)OCCN2C. The Bertz CT molecular complexity index is 360. The summed E-state index contributed by atoms with van der Waals surface area (Å²) in [6.45, 7) is 6.32. The van der Waals surface area contributed by atoms with Gasteiger partial charge in [0.2, 0.25) is 0 Å². The fraction of sp³-hybridized carbons (Fsp3) is 0.571. The van der Waals surface area contributed by atoms with Crippen molar-refractivity contribution in [2.24, 2.45) is 5.92 Å². The van der Waals surface area contributed by atoms with E-state index >= 15 is 0 Å². The van der Waals surface area contributed by atoms with E-state index in [0.717, 1.165) is 31.2 Å². The Balaban J connectivity index is 2.12. The molecule has 1 heterocycles. The van der Waals surface area contributed by atoms with Gasteiger partial charge in [0.15, 0.2) is 0 Å². The molecule has 1 aliphatic heterocycles. The van der Waals surface area contributed by atoms with Crippen molar-refractivity contribution in [3.63, 3.8) is 0 Å². The van der Waals surface area contributed by atoms with Crippen LogP contribution in [0.2, 0.25) is 0 Å². The Morgan fingerprint density at radius 1 is 1.38 bits per heavy atom. The summed E-state index contributed by atoms with van der Waals surface area (Å²) in [6, 6.07) is 6.62. The number of nitrogens with zero attached hydrogens (tertiary/aromatic N) is 1. The minimum atomic E-state index is 0.764. The molecule has 0 amide bonds. The lowest BCUT2D eigenvalue weighted by atomic mass is 10.0. The van der Waals surface area contributed by atoms with Crippen molar-refractivity contribution in [3.05, 3.63) is 23.8 Å². The van der Waals surface area contributed by atoms with Gasteiger partial charge in [0.1, 0.15) is 12.4 Å². The van der Waals surface area contributed by atoms with Gasteiger partial charge in [0, 0.05) is 7.05 Å². The normalized spacial score (nSPS) is 14.9. The lowest BCUT2D eigenvalue weighted by Gasteiger charge is -2.28. The smallest absolute Gasteiger partial charge is 0.142 e. The summed E-state index contributed by atoms with van der Waals surface area (Å²) < 4.78 is 5.70. The van der Waals surface area contributed by atoms with Crippen molar-refractivity contribution in [1.82, 2.24) is 0 Å². The van der Waals surface area contributed by atoms with E-state index in [1.807, 2.05) is 0 Å². The Hall–Kier alpha value is -1.18. The van der Waals surface area contributed by atoms with E-state index in [-0.39, 0.29) is 0 Å². The van der Waals surface area contributed by atoms with Crippen LogP contribution in [0.1, 0.15) is 25.8 Å². The number of rotatable bonds is 3. The second kappa shape index (κ2) is 4.77. The highest BCUT2D eigenvalue weighted by molar-refractivity contribution is 5.60. The number of hydrogen-bond donors (Lipinski definition) is 0. The highest BCUT2D eigenvalue weighted by Gasteiger charge is 2.14. The Morgan fingerprint density at radius 2 is 2.19 bits per heavy atom. The lowest BCUT2D eigenvalue weighted by Crippen LogP contribution is -2.28. The monoisotopic (exact) mass is 219 g/mol. The fourth-order valence-electron chi connectivity index (χ4n) is 2.01. The van der Waals surface area contributed by atoms with E-state index in [9.17, 15) is 0 Å². The zero-order valence-electron chi connectivity index (χ0n) is 10.5. The Labute approximate surface area is 98.2 Å². The van der Waals surface area contributed by atoms with Crippen LogP contribution in [0.25, 0.3) is 0 Å². The van der Waals surface area contributed by atoms with E-state index in [4.69, 9.17) is 4.74 Å². The molecule has 0 saturated heterocycles. The first kappa shape index (κ1) is 11.3. The molecule has 0 aliphatic carbocycles. The van der Waals surface area contributed by atoms with Crippen molar-refractivity contribution in [1.29, 1.82) is 0 Å². The predicted octanol–water partition coefficient (Wildman–Crippen LogP) is 3.10. The molecule has 16 heavy (non-hydrogen) atoms. The highest BCUT2D eigenvalue weighted by Crippen LogP contribution is 2.31. The van der Waals surface area contributed by atoms with Gasteiger partial charge in [-0.25, -0.2) is 0 Å². The minimum Gasteiger partial charge on any atom is -0.490 e. The molecular weight excluding hydrogens is 198 g/mol. The van der Waals surface area contributed by atoms with Crippen LogP contribution in [0.15, 0.2) is 18.2 Å². The molecule has 0 atom stereocenters. The molecule has 0 aromatic heterocycles. The van der Waals surface area contributed by atoms with Gasteiger partial charge in [0.05, 0.1) is 12.2 Å². The molecule has 0 radical (unpaired) electrons. The molecule has 0 bridgehead atoms. The molecule has 1 aromatic carbocycles. The summed E-state index contributed by atoms with van der Waals surface area (Å²) >= 11 is 0. The third kappa shape index (κ3) is 2.49.